The molecule has 5 heteroatoms. The Bertz CT molecular complexity index is 1140. The Balaban J connectivity index is 1.47. The molecule has 0 aliphatic carbocycles. The first-order valence-corrected chi connectivity index (χ1v) is 13.6. The van der Waals surface area contributed by atoms with E-state index < -0.39 is 0 Å². The van der Waals surface area contributed by atoms with Crippen molar-refractivity contribution in [1.82, 2.24) is 0 Å². The van der Waals surface area contributed by atoms with Crippen LogP contribution in [0.1, 0.15) is 33.7 Å². The molecule has 0 aliphatic rings. The monoisotopic (exact) mass is 516 g/mol. The molecule has 0 aliphatic heterocycles. The zero-order valence-electron chi connectivity index (χ0n) is 23.1. The average Bonchev–Trinajstić information content (AvgIpc) is 3.30. The minimum atomic E-state index is 0.731. The number of benzene rings is 2. The van der Waals surface area contributed by atoms with Gasteiger partial charge in [-0.2, -0.15) is 0 Å². The second-order valence-electron chi connectivity index (χ2n) is 11.1. The second kappa shape index (κ2) is 13.4. The topological polar surface area (TPSA) is 18.5 Å². The fourth-order valence-electron chi connectivity index (χ4n) is 3.47. The summed E-state index contributed by atoms with van der Waals surface area (Å²) in [6.45, 7) is 3.65. The number of rotatable bonds is 10. The van der Waals surface area contributed by atoms with Gasteiger partial charge in [0.25, 0.3) is 0 Å². The third-order valence-corrected chi connectivity index (χ3v) is 6.37. The van der Waals surface area contributed by atoms with Gasteiger partial charge in [0.2, 0.25) is 0 Å². The molecule has 0 saturated heterocycles. The van der Waals surface area contributed by atoms with E-state index in [0.29, 0.717) is 0 Å². The quantitative estimate of drug-likeness (QED) is 0.201. The number of hydrogen-bond donors (Lipinski definition) is 0. The lowest BCUT2D eigenvalue weighted by Gasteiger charge is -2.23. The lowest BCUT2D eigenvalue weighted by molar-refractivity contribution is -0.870. The first-order chi connectivity index (χ1) is 17.6. The largest absolute Gasteiger partial charge is 0.493 e. The summed E-state index contributed by atoms with van der Waals surface area (Å²) in [4.78, 5) is 2.00. The standard InChI is InChI=1S/C32H40N2O2S/c1-33(2,3)23-7-25-35-29-15-9-27(10-16-29)13-19-31-21-22-32(37-31)20-14-28-11-17-30(18-12-28)36-26-8-24-34(4,5)6/h9-12,15-18,21-22H,7-8,23-26H2,1-6H3/q+2. The molecule has 194 valence electrons. The third-order valence-electron chi connectivity index (χ3n) is 5.46. The number of ether oxygens (including phenoxy) is 2. The van der Waals surface area contributed by atoms with Gasteiger partial charge in [0.15, 0.2) is 0 Å². The molecular formula is C32H40N2O2S+2. The van der Waals surface area contributed by atoms with Crippen molar-refractivity contribution in [3.63, 3.8) is 0 Å². The van der Waals surface area contributed by atoms with Gasteiger partial charge in [-0.3, -0.25) is 0 Å². The van der Waals surface area contributed by atoms with Crippen molar-refractivity contribution in [3.05, 3.63) is 81.5 Å². The molecule has 3 rings (SSSR count). The fraction of sp³-hybridized carbons (Fsp3) is 0.375. The molecule has 0 unspecified atom stereocenters. The smallest absolute Gasteiger partial charge is 0.119 e. The summed E-state index contributed by atoms with van der Waals surface area (Å²) in [5, 5.41) is 0. The van der Waals surface area contributed by atoms with Crippen LogP contribution in [0.25, 0.3) is 0 Å². The van der Waals surface area contributed by atoms with E-state index in [2.05, 4.69) is 66.0 Å². The summed E-state index contributed by atoms with van der Waals surface area (Å²) in [7, 11) is 13.2. The van der Waals surface area contributed by atoms with Crippen LogP contribution in [0.5, 0.6) is 11.5 Å². The van der Waals surface area contributed by atoms with Crippen molar-refractivity contribution in [3.8, 4) is 35.2 Å². The maximum absolute atomic E-state index is 5.85. The van der Waals surface area contributed by atoms with E-state index in [1.54, 1.807) is 11.3 Å². The molecular weight excluding hydrogens is 476 g/mol. The highest BCUT2D eigenvalue weighted by molar-refractivity contribution is 7.13. The molecule has 37 heavy (non-hydrogen) atoms. The number of quaternary nitrogens is 2. The first kappa shape index (κ1) is 28.4. The minimum Gasteiger partial charge on any atom is -0.493 e. The van der Waals surface area contributed by atoms with Crippen molar-refractivity contribution in [2.24, 2.45) is 0 Å². The van der Waals surface area contributed by atoms with Gasteiger partial charge in [-0.05, 0) is 60.7 Å². The summed E-state index contributed by atoms with van der Waals surface area (Å²) in [5.41, 5.74) is 1.94. The van der Waals surface area contributed by atoms with Crippen LogP contribution in [0.4, 0.5) is 0 Å². The van der Waals surface area contributed by atoms with Crippen LogP contribution in [0.3, 0.4) is 0 Å². The lowest BCUT2D eigenvalue weighted by atomic mass is 10.2. The van der Waals surface area contributed by atoms with Crippen molar-refractivity contribution in [2.75, 3.05) is 68.6 Å². The predicted molar refractivity (Wildman–Crippen MR) is 155 cm³/mol. The zero-order chi connectivity index (χ0) is 26.7. The van der Waals surface area contributed by atoms with Crippen LogP contribution in [0.15, 0.2) is 60.7 Å². The molecule has 3 aromatic rings. The summed E-state index contributed by atoms with van der Waals surface area (Å²) in [6, 6.07) is 20.0. The fourth-order valence-corrected chi connectivity index (χ4v) is 4.18. The molecule has 0 amide bonds. The van der Waals surface area contributed by atoms with Gasteiger partial charge in [-0.15, -0.1) is 11.3 Å². The van der Waals surface area contributed by atoms with Crippen LogP contribution in [-0.4, -0.2) is 77.6 Å². The Morgan fingerprint density at radius 2 is 0.919 bits per heavy atom. The van der Waals surface area contributed by atoms with Crippen molar-refractivity contribution < 1.29 is 18.4 Å². The van der Waals surface area contributed by atoms with Crippen LogP contribution in [0.2, 0.25) is 0 Å². The molecule has 0 spiro atoms. The highest BCUT2D eigenvalue weighted by atomic mass is 32.1. The van der Waals surface area contributed by atoms with Gasteiger partial charge in [-0.1, -0.05) is 23.7 Å². The Morgan fingerprint density at radius 1 is 0.541 bits per heavy atom. The summed E-state index contributed by atoms with van der Waals surface area (Å²) in [6.07, 6.45) is 2.07. The van der Waals surface area contributed by atoms with E-state index in [1.165, 1.54) is 0 Å². The van der Waals surface area contributed by atoms with Gasteiger partial charge in [0, 0.05) is 24.0 Å². The zero-order valence-corrected chi connectivity index (χ0v) is 24.0. The molecule has 2 aromatic carbocycles. The maximum Gasteiger partial charge on any atom is 0.119 e. The van der Waals surface area contributed by atoms with E-state index in [0.717, 1.165) is 80.5 Å². The molecule has 0 radical (unpaired) electrons. The molecule has 1 heterocycles. The van der Waals surface area contributed by atoms with E-state index >= 15 is 0 Å². The predicted octanol–water partition coefficient (Wildman–Crippen LogP) is 5.50. The first-order valence-electron chi connectivity index (χ1n) is 12.8. The third kappa shape index (κ3) is 11.6. The summed E-state index contributed by atoms with van der Waals surface area (Å²) < 4.78 is 13.6. The molecule has 4 nitrogen and oxygen atoms in total. The van der Waals surface area contributed by atoms with Gasteiger partial charge < -0.3 is 18.4 Å². The number of nitrogens with zero attached hydrogens (tertiary/aromatic N) is 2. The van der Waals surface area contributed by atoms with Crippen LogP contribution in [0, 0.1) is 23.7 Å². The Hall–Kier alpha value is -3.22. The van der Waals surface area contributed by atoms with Gasteiger partial charge in [-0.25, -0.2) is 0 Å². The maximum atomic E-state index is 5.85. The van der Waals surface area contributed by atoms with Crippen molar-refractivity contribution >= 4 is 11.3 Å². The van der Waals surface area contributed by atoms with Crippen molar-refractivity contribution in [1.29, 1.82) is 0 Å². The normalized spacial score (nSPS) is 11.2. The molecule has 0 N–H and O–H groups in total. The van der Waals surface area contributed by atoms with E-state index in [4.69, 9.17) is 9.47 Å². The Kier molecular flexibility index (Phi) is 10.2. The second-order valence-corrected chi connectivity index (χ2v) is 12.2. The summed E-state index contributed by atoms with van der Waals surface area (Å²) in [5.74, 6) is 14.8. The summed E-state index contributed by atoms with van der Waals surface area (Å²) >= 11 is 1.61. The highest BCUT2D eigenvalue weighted by Crippen LogP contribution is 2.17. The lowest BCUT2D eigenvalue weighted by Crippen LogP contribution is -2.36. The van der Waals surface area contributed by atoms with Crippen molar-refractivity contribution in [2.45, 2.75) is 12.8 Å². The van der Waals surface area contributed by atoms with Gasteiger partial charge >= 0.3 is 0 Å². The van der Waals surface area contributed by atoms with Crippen LogP contribution < -0.4 is 9.47 Å². The average molecular weight is 517 g/mol. The van der Waals surface area contributed by atoms with E-state index in [1.807, 2.05) is 60.7 Å². The Morgan fingerprint density at radius 3 is 1.27 bits per heavy atom. The molecule has 0 saturated carbocycles. The Labute approximate surface area is 227 Å². The van der Waals surface area contributed by atoms with E-state index in [-0.39, 0.29) is 0 Å². The minimum absolute atomic E-state index is 0.731. The van der Waals surface area contributed by atoms with Crippen LogP contribution >= 0.6 is 11.3 Å². The van der Waals surface area contributed by atoms with E-state index in [9.17, 15) is 0 Å². The number of hydrogen-bond acceptors (Lipinski definition) is 3. The number of thiophene rings is 1. The van der Waals surface area contributed by atoms with Gasteiger partial charge in [0.1, 0.15) is 11.5 Å². The van der Waals surface area contributed by atoms with Crippen LogP contribution in [-0.2, 0) is 0 Å². The molecule has 0 atom stereocenters. The molecule has 0 bridgehead atoms. The molecule has 1 aromatic heterocycles. The SMILES string of the molecule is C[N+](C)(C)CCCOc1ccc(C#Cc2ccc(C#Cc3ccc(OCCC[N+](C)(C)C)cc3)s2)cc1. The molecule has 0 fully saturated rings. The highest BCUT2D eigenvalue weighted by Gasteiger charge is 2.07. The van der Waals surface area contributed by atoms with Gasteiger partial charge in [0.05, 0.1) is 78.3 Å².